The Kier molecular flexibility index (Phi) is 5.60. The molecule has 3 aliphatic rings. The summed E-state index contributed by atoms with van der Waals surface area (Å²) in [4.78, 5) is 11.7. The molecular weight excluding hydrogens is 340 g/mol. The first-order chi connectivity index (χ1) is 13.2. The molecule has 146 valence electrons. The molecule has 1 aromatic heterocycles. The van der Waals surface area contributed by atoms with Gasteiger partial charge in [-0.05, 0) is 62.7 Å². The fourth-order valence-electron chi connectivity index (χ4n) is 5.03. The number of aliphatic hydroxyl groups excluding tert-OH is 1. The van der Waals surface area contributed by atoms with Gasteiger partial charge in [0.25, 0.3) is 0 Å². The van der Waals surface area contributed by atoms with Crippen LogP contribution in [0.15, 0.2) is 6.20 Å². The van der Waals surface area contributed by atoms with E-state index in [1.165, 1.54) is 6.42 Å². The van der Waals surface area contributed by atoms with Crippen LogP contribution in [0.3, 0.4) is 0 Å². The van der Waals surface area contributed by atoms with Crippen LogP contribution in [0.5, 0.6) is 0 Å². The van der Waals surface area contributed by atoms with E-state index < -0.39 is 0 Å². The molecule has 3 fully saturated rings. The van der Waals surface area contributed by atoms with Crippen molar-refractivity contribution in [2.24, 2.45) is 11.3 Å². The van der Waals surface area contributed by atoms with E-state index in [0.717, 1.165) is 89.3 Å². The molecule has 1 aromatic rings. The normalized spacial score (nSPS) is 28.1. The molecule has 0 aromatic carbocycles. The lowest BCUT2D eigenvalue weighted by molar-refractivity contribution is 0.00745. The average molecular weight is 370 g/mol. The Bertz CT molecular complexity index is 682. The van der Waals surface area contributed by atoms with Crippen LogP contribution in [-0.4, -0.2) is 47.5 Å². The molecule has 0 amide bonds. The summed E-state index contributed by atoms with van der Waals surface area (Å²) in [6.45, 7) is 3.63. The second kappa shape index (κ2) is 8.12. The topological polar surface area (TPSA) is 82.3 Å². The molecule has 6 heteroatoms. The van der Waals surface area contributed by atoms with Crippen molar-refractivity contribution in [3.8, 4) is 6.07 Å². The lowest BCUT2D eigenvalue weighted by Crippen LogP contribution is -2.46. The van der Waals surface area contributed by atoms with Crippen LogP contribution in [0.1, 0.15) is 62.8 Å². The van der Waals surface area contributed by atoms with Crippen molar-refractivity contribution in [2.45, 2.75) is 63.9 Å². The minimum atomic E-state index is -0.136. The molecule has 0 radical (unpaired) electrons. The van der Waals surface area contributed by atoms with Crippen LogP contribution in [0.2, 0.25) is 0 Å². The Labute approximate surface area is 161 Å². The molecule has 1 N–H and O–H groups in total. The Morgan fingerprint density at radius 3 is 2.74 bits per heavy atom. The molecular formula is C21H30N4O2. The van der Waals surface area contributed by atoms with Gasteiger partial charge in [-0.3, -0.25) is 0 Å². The first-order valence-corrected chi connectivity index (χ1v) is 10.4. The van der Waals surface area contributed by atoms with E-state index in [1.54, 1.807) is 6.20 Å². The zero-order valence-corrected chi connectivity index (χ0v) is 16.1. The highest BCUT2D eigenvalue weighted by Crippen LogP contribution is 2.40. The highest BCUT2D eigenvalue weighted by molar-refractivity contribution is 5.53. The van der Waals surface area contributed by atoms with Crippen LogP contribution in [0.25, 0.3) is 0 Å². The molecule has 4 rings (SSSR count). The first-order valence-electron chi connectivity index (χ1n) is 10.4. The van der Waals surface area contributed by atoms with Crippen LogP contribution < -0.4 is 4.90 Å². The Morgan fingerprint density at radius 2 is 2.00 bits per heavy atom. The summed E-state index contributed by atoms with van der Waals surface area (Å²) in [5.74, 6) is 2.21. The van der Waals surface area contributed by atoms with Crippen molar-refractivity contribution >= 4 is 5.82 Å². The minimum Gasteiger partial charge on any atom is -0.393 e. The quantitative estimate of drug-likeness (QED) is 0.881. The van der Waals surface area contributed by atoms with Crippen molar-refractivity contribution in [1.82, 2.24) is 9.97 Å². The van der Waals surface area contributed by atoms with Gasteiger partial charge in [-0.25, -0.2) is 9.97 Å². The van der Waals surface area contributed by atoms with Crippen molar-refractivity contribution in [3.63, 3.8) is 0 Å². The van der Waals surface area contributed by atoms with Gasteiger partial charge in [0.15, 0.2) is 0 Å². The van der Waals surface area contributed by atoms with Gasteiger partial charge in [-0.1, -0.05) is 0 Å². The van der Waals surface area contributed by atoms with Crippen LogP contribution in [0.4, 0.5) is 5.82 Å². The van der Waals surface area contributed by atoms with Gasteiger partial charge in [0.05, 0.1) is 12.3 Å². The maximum atomic E-state index is 9.71. The van der Waals surface area contributed by atoms with Crippen LogP contribution in [-0.2, 0) is 11.2 Å². The number of anilines is 1. The number of hydrogen-bond donors (Lipinski definition) is 1. The summed E-state index contributed by atoms with van der Waals surface area (Å²) < 4.78 is 5.58. The fourth-order valence-corrected chi connectivity index (χ4v) is 5.03. The number of aromatic nitrogens is 2. The summed E-state index contributed by atoms with van der Waals surface area (Å²) in [5, 5.41) is 19.3. The lowest BCUT2D eigenvalue weighted by Gasteiger charge is -2.45. The largest absolute Gasteiger partial charge is 0.393 e. The molecule has 2 saturated heterocycles. The Hall–Kier alpha value is -1.71. The molecule has 27 heavy (non-hydrogen) atoms. The summed E-state index contributed by atoms with van der Waals surface area (Å²) in [5.41, 5.74) is 0.898. The van der Waals surface area contributed by atoms with Crippen molar-refractivity contribution in [1.29, 1.82) is 5.26 Å². The summed E-state index contributed by atoms with van der Waals surface area (Å²) in [6.07, 6.45) is 10.8. The Morgan fingerprint density at radius 1 is 1.22 bits per heavy atom. The molecule has 6 nitrogen and oxygen atoms in total. The van der Waals surface area contributed by atoms with E-state index in [0.29, 0.717) is 16.9 Å². The molecule has 1 spiro atoms. The van der Waals surface area contributed by atoms with Gasteiger partial charge in [0, 0.05) is 32.7 Å². The van der Waals surface area contributed by atoms with E-state index in [-0.39, 0.29) is 6.10 Å². The van der Waals surface area contributed by atoms with Crippen LogP contribution >= 0.6 is 0 Å². The van der Waals surface area contributed by atoms with Crippen molar-refractivity contribution < 1.29 is 9.84 Å². The van der Waals surface area contributed by atoms with Gasteiger partial charge in [0.2, 0.25) is 0 Å². The zero-order valence-electron chi connectivity index (χ0n) is 16.1. The SMILES string of the molecule is N#Cc1cnc(C[C@H]2CC[C@H](O)CC2)nc1N1CCCC2(CCOCC2)C1. The van der Waals surface area contributed by atoms with E-state index in [1.807, 2.05) is 0 Å². The average Bonchev–Trinajstić information content (AvgIpc) is 2.70. The summed E-state index contributed by atoms with van der Waals surface area (Å²) in [7, 11) is 0. The second-order valence-corrected chi connectivity index (χ2v) is 8.65. The second-order valence-electron chi connectivity index (χ2n) is 8.65. The van der Waals surface area contributed by atoms with Gasteiger partial charge in [0.1, 0.15) is 23.3 Å². The minimum absolute atomic E-state index is 0.136. The van der Waals surface area contributed by atoms with Crippen LogP contribution in [0, 0.1) is 22.7 Å². The number of piperidine rings is 1. The first kappa shape index (κ1) is 18.6. The number of nitriles is 1. The van der Waals surface area contributed by atoms with Gasteiger partial charge in [-0.15, -0.1) is 0 Å². The van der Waals surface area contributed by atoms with E-state index >= 15 is 0 Å². The van der Waals surface area contributed by atoms with Crippen molar-refractivity contribution in [3.05, 3.63) is 17.6 Å². The molecule has 0 unspecified atom stereocenters. The molecule has 3 heterocycles. The maximum Gasteiger partial charge on any atom is 0.150 e. The number of aliphatic hydroxyl groups is 1. The number of nitrogens with zero attached hydrogens (tertiary/aromatic N) is 4. The summed E-state index contributed by atoms with van der Waals surface area (Å²) in [6, 6.07) is 2.30. The fraction of sp³-hybridized carbons (Fsp3) is 0.762. The zero-order chi connectivity index (χ0) is 18.7. The molecule has 1 saturated carbocycles. The van der Waals surface area contributed by atoms with E-state index in [9.17, 15) is 10.4 Å². The number of rotatable bonds is 3. The third-order valence-electron chi connectivity index (χ3n) is 6.74. The van der Waals surface area contributed by atoms with Crippen molar-refractivity contribution in [2.75, 3.05) is 31.2 Å². The highest BCUT2D eigenvalue weighted by atomic mass is 16.5. The lowest BCUT2D eigenvalue weighted by atomic mass is 9.74. The molecule has 1 aliphatic carbocycles. The monoisotopic (exact) mass is 370 g/mol. The predicted octanol–water partition coefficient (Wildman–Crippen LogP) is 2.84. The smallest absolute Gasteiger partial charge is 0.150 e. The van der Waals surface area contributed by atoms with Gasteiger partial charge >= 0.3 is 0 Å². The van der Waals surface area contributed by atoms with E-state index in [2.05, 4.69) is 16.0 Å². The van der Waals surface area contributed by atoms with E-state index in [4.69, 9.17) is 9.72 Å². The maximum absolute atomic E-state index is 9.71. The molecule has 0 bridgehead atoms. The number of hydrogen-bond acceptors (Lipinski definition) is 6. The molecule has 2 aliphatic heterocycles. The molecule has 0 atom stereocenters. The van der Waals surface area contributed by atoms with Gasteiger partial charge in [-0.2, -0.15) is 5.26 Å². The third kappa shape index (κ3) is 4.25. The number of ether oxygens (including phenoxy) is 1. The summed E-state index contributed by atoms with van der Waals surface area (Å²) >= 11 is 0. The third-order valence-corrected chi connectivity index (χ3v) is 6.74. The standard InChI is InChI=1S/C21H30N4O2/c22-13-17-14-23-19(12-16-2-4-18(26)5-3-16)24-20(17)25-9-1-6-21(15-25)7-10-27-11-8-21/h14,16,18,26H,1-12,15H2/t16-,18-. The Balaban J connectivity index is 1.51. The predicted molar refractivity (Wildman–Crippen MR) is 102 cm³/mol. The van der Waals surface area contributed by atoms with Gasteiger partial charge < -0.3 is 14.7 Å². The highest BCUT2D eigenvalue weighted by Gasteiger charge is 2.38.